The second-order valence-corrected chi connectivity index (χ2v) is 7.37. The van der Waals surface area contributed by atoms with Gasteiger partial charge in [0.1, 0.15) is 11.7 Å². The van der Waals surface area contributed by atoms with Crippen molar-refractivity contribution in [2.24, 2.45) is 0 Å². The van der Waals surface area contributed by atoms with Crippen molar-refractivity contribution >= 4 is 11.5 Å². The molecule has 0 spiro atoms. The monoisotopic (exact) mass is 393 g/mol. The second kappa shape index (κ2) is 8.37. The van der Waals surface area contributed by atoms with Gasteiger partial charge in [-0.1, -0.05) is 26.0 Å². The third-order valence-corrected chi connectivity index (χ3v) is 5.41. The molecule has 0 saturated heterocycles. The highest BCUT2D eigenvalue weighted by Crippen LogP contribution is 2.38. The number of benzene rings is 1. The van der Waals surface area contributed by atoms with Crippen molar-refractivity contribution in [2.45, 2.75) is 64.1 Å². The Hall–Kier alpha value is -2.31. The molecule has 1 heterocycles. The molecule has 1 aliphatic carbocycles. The molecular weight excluding hydrogens is 367 g/mol. The molecule has 1 fully saturated rings. The van der Waals surface area contributed by atoms with Crippen LogP contribution in [-0.4, -0.2) is 23.1 Å². The van der Waals surface area contributed by atoms with Gasteiger partial charge < -0.3 is 9.64 Å². The fourth-order valence-electron chi connectivity index (χ4n) is 3.41. The fraction of sp³-hybridized carbons (Fsp3) is 0.524. The zero-order valence-corrected chi connectivity index (χ0v) is 16.5. The molecule has 1 aromatic heterocycles. The standard InChI is InChI=1S/C21H26F3N3O/c1-4-14(2)15-9-11-16(12-10-15)27(3)19-18(21(22,23)24)13-25-20(26-19)28-17-7-5-6-8-17/h9-14,17H,4-8H2,1-3H3. The van der Waals surface area contributed by atoms with Crippen molar-refractivity contribution in [3.8, 4) is 6.01 Å². The van der Waals surface area contributed by atoms with Gasteiger partial charge in [-0.05, 0) is 55.7 Å². The highest BCUT2D eigenvalue weighted by molar-refractivity contribution is 5.63. The summed E-state index contributed by atoms with van der Waals surface area (Å²) in [5, 5.41) is 0. The van der Waals surface area contributed by atoms with Gasteiger partial charge in [-0.25, -0.2) is 4.98 Å². The summed E-state index contributed by atoms with van der Waals surface area (Å²) in [6, 6.07) is 7.54. The fourth-order valence-corrected chi connectivity index (χ4v) is 3.41. The van der Waals surface area contributed by atoms with Crippen molar-refractivity contribution < 1.29 is 17.9 Å². The van der Waals surface area contributed by atoms with E-state index in [1.54, 1.807) is 7.05 Å². The molecule has 2 aromatic rings. The third-order valence-electron chi connectivity index (χ3n) is 5.41. The van der Waals surface area contributed by atoms with Crippen LogP contribution in [0, 0.1) is 0 Å². The number of alkyl halides is 3. The van der Waals surface area contributed by atoms with E-state index in [1.807, 2.05) is 24.3 Å². The van der Waals surface area contributed by atoms with Crippen LogP contribution in [-0.2, 0) is 6.18 Å². The van der Waals surface area contributed by atoms with Crippen molar-refractivity contribution in [1.29, 1.82) is 0 Å². The maximum atomic E-state index is 13.5. The van der Waals surface area contributed by atoms with E-state index < -0.39 is 11.7 Å². The number of ether oxygens (including phenoxy) is 1. The summed E-state index contributed by atoms with van der Waals surface area (Å²) in [5.74, 6) is 0.197. The first kappa shape index (κ1) is 20.4. The molecular formula is C21H26F3N3O. The minimum Gasteiger partial charge on any atom is -0.460 e. The van der Waals surface area contributed by atoms with Crippen LogP contribution in [0.5, 0.6) is 6.01 Å². The Kier molecular flexibility index (Phi) is 6.10. The van der Waals surface area contributed by atoms with E-state index in [2.05, 4.69) is 23.8 Å². The molecule has 0 N–H and O–H groups in total. The third kappa shape index (κ3) is 4.56. The number of halogens is 3. The van der Waals surface area contributed by atoms with Gasteiger partial charge in [0.25, 0.3) is 0 Å². The van der Waals surface area contributed by atoms with Gasteiger partial charge >= 0.3 is 12.2 Å². The van der Waals surface area contributed by atoms with Crippen molar-refractivity contribution in [1.82, 2.24) is 9.97 Å². The van der Waals surface area contributed by atoms with Crippen LogP contribution < -0.4 is 9.64 Å². The lowest BCUT2D eigenvalue weighted by atomic mass is 9.98. The lowest BCUT2D eigenvalue weighted by Gasteiger charge is -2.23. The van der Waals surface area contributed by atoms with E-state index in [1.165, 1.54) is 4.90 Å². The van der Waals surface area contributed by atoms with E-state index >= 15 is 0 Å². The molecule has 1 aromatic carbocycles. The zero-order chi connectivity index (χ0) is 20.3. The van der Waals surface area contributed by atoms with Gasteiger partial charge in [0.15, 0.2) is 5.82 Å². The molecule has 4 nitrogen and oxygen atoms in total. The number of hydrogen-bond donors (Lipinski definition) is 0. The van der Waals surface area contributed by atoms with E-state index in [0.717, 1.165) is 43.9 Å². The summed E-state index contributed by atoms with van der Waals surface area (Å²) in [4.78, 5) is 9.38. The summed E-state index contributed by atoms with van der Waals surface area (Å²) < 4.78 is 46.3. The van der Waals surface area contributed by atoms with Crippen molar-refractivity contribution in [2.75, 3.05) is 11.9 Å². The van der Waals surface area contributed by atoms with Crippen LogP contribution in [0.1, 0.15) is 63.0 Å². The van der Waals surface area contributed by atoms with E-state index in [9.17, 15) is 13.2 Å². The van der Waals surface area contributed by atoms with Crippen LogP contribution in [0.4, 0.5) is 24.7 Å². The highest BCUT2D eigenvalue weighted by Gasteiger charge is 2.37. The van der Waals surface area contributed by atoms with Crippen LogP contribution in [0.2, 0.25) is 0 Å². The lowest BCUT2D eigenvalue weighted by molar-refractivity contribution is -0.137. The summed E-state index contributed by atoms with van der Waals surface area (Å²) in [6.45, 7) is 4.23. The van der Waals surface area contributed by atoms with Gasteiger partial charge in [-0.2, -0.15) is 18.2 Å². The Morgan fingerprint density at radius 3 is 2.39 bits per heavy atom. The maximum absolute atomic E-state index is 13.5. The summed E-state index contributed by atoms with van der Waals surface area (Å²) in [5.41, 5.74) is 0.909. The van der Waals surface area contributed by atoms with E-state index in [0.29, 0.717) is 11.6 Å². The summed E-state index contributed by atoms with van der Waals surface area (Å²) in [6.07, 6.45) is 1.12. The molecule has 1 atom stereocenters. The Labute approximate surface area is 163 Å². The maximum Gasteiger partial charge on any atom is 0.421 e. The van der Waals surface area contributed by atoms with Crippen LogP contribution in [0.25, 0.3) is 0 Å². The highest BCUT2D eigenvalue weighted by atomic mass is 19.4. The first-order valence-electron chi connectivity index (χ1n) is 9.74. The SMILES string of the molecule is CCC(C)c1ccc(N(C)c2nc(OC3CCCC3)ncc2C(F)(F)F)cc1. The molecule has 1 saturated carbocycles. The molecule has 0 bridgehead atoms. The predicted molar refractivity (Wildman–Crippen MR) is 103 cm³/mol. The number of aromatic nitrogens is 2. The molecule has 0 aliphatic heterocycles. The number of rotatable bonds is 6. The lowest BCUT2D eigenvalue weighted by Crippen LogP contribution is -2.20. The number of hydrogen-bond acceptors (Lipinski definition) is 4. The van der Waals surface area contributed by atoms with Gasteiger partial charge in [-0.3, -0.25) is 0 Å². The molecule has 3 rings (SSSR count). The average molecular weight is 393 g/mol. The molecule has 152 valence electrons. The zero-order valence-electron chi connectivity index (χ0n) is 16.5. The van der Waals surface area contributed by atoms with Gasteiger partial charge in [0.2, 0.25) is 0 Å². The van der Waals surface area contributed by atoms with Crippen molar-refractivity contribution in [3.05, 3.63) is 41.6 Å². The van der Waals surface area contributed by atoms with Gasteiger partial charge in [0.05, 0.1) is 0 Å². The first-order valence-corrected chi connectivity index (χ1v) is 9.74. The molecule has 1 aliphatic rings. The summed E-state index contributed by atoms with van der Waals surface area (Å²) in [7, 11) is 1.58. The van der Waals surface area contributed by atoms with E-state index in [4.69, 9.17) is 4.74 Å². The Morgan fingerprint density at radius 2 is 1.82 bits per heavy atom. The Balaban J connectivity index is 1.92. The number of anilines is 2. The quantitative estimate of drug-likeness (QED) is 0.594. The first-order chi connectivity index (χ1) is 13.3. The average Bonchev–Trinajstić information content (AvgIpc) is 3.19. The van der Waals surface area contributed by atoms with Crippen LogP contribution >= 0.6 is 0 Å². The van der Waals surface area contributed by atoms with Crippen LogP contribution in [0.15, 0.2) is 30.5 Å². The Morgan fingerprint density at radius 1 is 1.18 bits per heavy atom. The molecule has 28 heavy (non-hydrogen) atoms. The van der Waals surface area contributed by atoms with Crippen molar-refractivity contribution in [3.63, 3.8) is 0 Å². The molecule has 0 amide bonds. The minimum atomic E-state index is -4.55. The normalized spacial score (nSPS) is 16.2. The second-order valence-electron chi connectivity index (χ2n) is 7.37. The van der Waals surface area contributed by atoms with E-state index in [-0.39, 0.29) is 17.9 Å². The van der Waals surface area contributed by atoms with Crippen LogP contribution in [0.3, 0.4) is 0 Å². The molecule has 1 unspecified atom stereocenters. The smallest absolute Gasteiger partial charge is 0.421 e. The topological polar surface area (TPSA) is 38.2 Å². The predicted octanol–water partition coefficient (Wildman–Crippen LogP) is 6.10. The summed E-state index contributed by atoms with van der Waals surface area (Å²) >= 11 is 0. The molecule has 0 radical (unpaired) electrons. The largest absolute Gasteiger partial charge is 0.460 e. The number of nitrogens with zero attached hydrogens (tertiary/aromatic N) is 3. The van der Waals surface area contributed by atoms with Gasteiger partial charge in [0, 0.05) is 18.9 Å². The van der Waals surface area contributed by atoms with Gasteiger partial charge in [-0.15, -0.1) is 0 Å². The minimum absolute atomic E-state index is 0.00187. The Bertz CT molecular complexity index is 786. The molecule has 7 heteroatoms.